The van der Waals surface area contributed by atoms with E-state index in [9.17, 15) is 0 Å². The Bertz CT molecular complexity index is 404. The molecule has 2 aromatic heterocycles. The van der Waals surface area contributed by atoms with Gasteiger partial charge in [0.25, 0.3) is 0 Å². The third-order valence-corrected chi connectivity index (χ3v) is 2.42. The number of nitrogens with two attached hydrogens (primary N) is 1. The van der Waals surface area contributed by atoms with Gasteiger partial charge in [-0.1, -0.05) is 6.07 Å². The molecule has 0 fully saturated rings. The van der Waals surface area contributed by atoms with Crippen LogP contribution in [0.4, 0.5) is 5.82 Å². The van der Waals surface area contributed by atoms with Gasteiger partial charge in [0.15, 0.2) is 5.82 Å². The molecule has 0 aliphatic heterocycles. The monoisotopic (exact) mass is 252 g/mol. The van der Waals surface area contributed by atoms with Crippen LogP contribution in [0.25, 0.3) is 0 Å². The molecule has 0 saturated heterocycles. The number of pyridine rings is 1. The maximum Gasteiger partial charge on any atom is 0.159 e. The number of nitrogens with zero attached hydrogens (tertiary/aromatic N) is 3. The van der Waals surface area contributed by atoms with Crippen molar-refractivity contribution in [3.63, 3.8) is 0 Å². The minimum absolute atomic E-state index is 0.508. The largest absolute Gasteiger partial charge is 0.381 e. The lowest BCUT2D eigenvalue weighted by Gasteiger charge is -1.99. The fourth-order valence-electron chi connectivity index (χ4n) is 1.17. The van der Waals surface area contributed by atoms with Crippen LogP contribution in [0.3, 0.4) is 0 Å². The number of aromatic nitrogens is 3. The molecule has 0 aliphatic rings. The van der Waals surface area contributed by atoms with Crippen LogP contribution in [0.2, 0.25) is 0 Å². The second-order valence-electron chi connectivity index (χ2n) is 2.92. The zero-order valence-corrected chi connectivity index (χ0v) is 8.98. The smallest absolute Gasteiger partial charge is 0.159 e. The van der Waals surface area contributed by atoms with Crippen LogP contribution in [0, 0.1) is 0 Å². The molecule has 2 rings (SSSR count). The summed E-state index contributed by atoms with van der Waals surface area (Å²) in [5, 5.41) is 4.13. The molecule has 0 unspecified atom stereocenters. The van der Waals surface area contributed by atoms with Gasteiger partial charge in [0.1, 0.15) is 0 Å². The van der Waals surface area contributed by atoms with Gasteiger partial charge >= 0.3 is 0 Å². The van der Waals surface area contributed by atoms with Gasteiger partial charge < -0.3 is 5.73 Å². The summed E-state index contributed by atoms with van der Waals surface area (Å²) in [7, 11) is 0. The molecule has 4 nitrogen and oxygen atoms in total. The second kappa shape index (κ2) is 3.79. The molecule has 0 radical (unpaired) electrons. The fourth-order valence-corrected chi connectivity index (χ4v) is 1.49. The zero-order chi connectivity index (χ0) is 9.97. The van der Waals surface area contributed by atoms with Crippen LogP contribution in [-0.2, 0) is 6.54 Å². The summed E-state index contributed by atoms with van der Waals surface area (Å²) in [6.07, 6.45) is 5.41. The minimum Gasteiger partial charge on any atom is -0.381 e. The molecule has 0 saturated carbocycles. The second-order valence-corrected chi connectivity index (χ2v) is 3.78. The maximum atomic E-state index is 5.60. The first-order valence-electron chi connectivity index (χ1n) is 4.13. The molecule has 2 aromatic rings. The van der Waals surface area contributed by atoms with Gasteiger partial charge in [0, 0.05) is 18.6 Å². The SMILES string of the molecule is Nc1nn(Cc2cccnc2)cc1Br. The zero-order valence-electron chi connectivity index (χ0n) is 7.39. The van der Waals surface area contributed by atoms with E-state index < -0.39 is 0 Å². The Morgan fingerprint density at radius 1 is 1.50 bits per heavy atom. The molecular weight excluding hydrogens is 244 g/mol. The first kappa shape index (κ1) is 9.21. The Morgan fingerprint density at radius 3 is 2.93 bits per heavy atom. The Morgan fingerprint density at radius 2 is 2.36 bits per heavy atom. The van der Waals surface area contributed by atoms with Gasteiger partial charge in [0.2, 0.25) is 0 Å². The fraction of sp³-hybridized carbons (Fsp3) is 0.111. The van der Waals surface area contributed by atoms with E-state index >= 15 is 0 Å². The molecular formula is C9H9BrN4. The van der Waals surface area contributed by atoms with Gasteiger partial charge in [-0.3, -0.25) is 9.67 Å². The summed E-state index contributed by atoms with van der Waals surface area (Å²) in [6, 6.07) is 3.90. The molecule has 0 atom stereocenters. The highest BCUT2D eigenvalue weighted by atomic mass is 79.9. The summed E-state index contributed by atoms with van der Waals surface area (Å²) in [5.74, 6) is 0.508. The molecule has 0 aliphatic carbocycles. The third-order valence-electron chi connectivity index (χ3n) is 1.81. The van der Waals surface area contributed by atoms with Gasteiger partial charge in [-0.25, -0.2) is 0 Å². The molecule has 0 aromatic carbocycles. The Hall–Kier alpha value is -1.36. The van der Waals surface area contributed by atoms with E-state index in [-0.39, 0.29) is 0 Å². The summed E-state index contributed by atoms with van der Waals surface area (Å²) in [6.45, 7) is 0.684. The van der Waals surface area contributed by atoms with E-state index in [1.165, 1.54) is 0 Å². The van der Waals surface area contributed by atoms with Crippen molar-refractivity contribution in [1.29, 1.82) is 0 Å². The lowest BCUT2D eigenvalue weighted by molar-refractivity contribution is 0.688. The van der Waals surface area contributed by atoms with Crippen molar-refractivity contribution in [2.24, 2.45) is 0 Å². The number of anilines is 1. The first-order valence-corrected chi connectivity index (χ1v) is 4.92. The quantitative estimate of drug-likeness (QED) is 0.885. The predicted molar refractivity (Wildman–Crippen MR) is 57.7 cm³/mol. The van der Waals surface area contributed by atoms with Crippen LogP contribution in [0.1, 0.15) is 5.56 Å². The van der Waals surface area contributed by atoms with Crippen molar-refractivity contribution < 1.29 is 0 Å². The molecule has 2 heterocycles. The van der Waals surface area contributed by atoms with Gasteiger partial charge in [0.05, 0.1) is 11.0 Å². The predicted octanol–water partition coefficient (Wildman–Crippen LogP) is 1.67. The van der Waals surface area contributed by atoms with Crippen LogP contribution in [0.5, 0.6) is 0 Å². The van der Waals surface area contributed by atoms with Crippen LogP contribution >= 0.6 is 15.9 Å². The van der Waals surface area contributed by atoms with E-state index in [0.29, 0.717) is 12.4 Å². The number of halogens is 1. The molecule has 5 heteroatoms. The number of nitrogen functional groups attached to an aromatic ring is 1. The molecule has 14 heavy (non-hydrogen) atoms. The van der Waals surface area contributed by atoms with Crippen molar-refractivity contribution in [1.82, 2.24) is 14.8 Å². The lowest BCUT2D eigenvalue weighted by Crippen LogP contribution is -2.01. The highest BCUT2D eigenvalue weighted by Crippen LogP contribution is 2.16. The molecule has 0 bridgehead atoms. The van der Waals surface area contributed by atoms with Crippen molar-refractivity contribution in [3.8, 4) is 0 Å². The van der Waals surface area contributed by atoms with Crippen LogP contribution in [-0.4, -0.2) is 14.8 Å². The third kappa shape index (κ3) is 1.93. The minimum atomic E-state index is 0.508. The normalized spacial score (nSPS) is 10.4. The molecule has 0 amide bonds. The number of hydrogen-bond donors (Lipinski definition) is 1. The summed E-state index contributed by atoms with van der Waals surface area (Å²) in [5.41, 5.74) is 6.70. The highest BCUT2D eigenvalue weighted by molar-refractivity contribution is 9.10. The summed E-state index contributed by atoms with van der Waals surface area (Å²) in [4.78, 5) is 4.03. The first-order chi connectivity index (χ1) is 6.75. The average Bonchev–Trinajstić information content (AvgIpc) is 2.47. The maximum absolute atomic E-state index is 5.60. The standard InChI is InChI=1S/C9H9BrN4/c10-8-6-14(13-9(8)11)5-7-2-1-3-12-4-7/h1-4,6H,5H2,(H2,11,13). The van der Waals surface area contributed by atoms with E-state index in [2.05, 4.69) is 26.0 Å². The topological polar surface area (TPSA) is 56.7 Å². The van der Waals surface area contributed by atoms with Crippen molar-refractivity contribution in [3.05, 3.63) is 40.8 Å². The van der Waals surface area contributed by atoms with Crippen LogP contribution < -0.4 is 5.73 Å². The Balaban J connectivity index is 2.19. The van der Waals surface area contributed by atoms with Crippen LogP contribution in [0.15, 0.2) is 35.2 Å². The van der Waals surface area contributed by atoms with Crippen molar-refractivity contribution in [2.45, 2.75) is 6.54 Å². The lowest BCUT2D eigenvalue weighted by atomic mass is 10.3. The van der Waals surface area contributed by atoms with Gasteiger partial charge in [-0.15, -0.1) is 0 Å². The van der Waals surface area contributed by atoms with Crippen molar-refractivity contribution >= 4 is 21.7 Å². The van der Waals surface area contributed by atoms with Gasteiger partial charge in [-0.05, 0) is 27.6 Å². The van der Waals surface area contributed by atoms with E-state index in [1.807, 2.05) is 24.5 Å². The highest BCUT2D eigenvalue weighted by Gasteiger charge is 2.02. The molecule has 0 spiro atoms. The summed E-state index contributed by atoms with van der Waals surface area (Å²) < 4.78 is 2.59. The summed E-state index contributed by atoms with van der Waals surface area (Å²) >= 11 is 3.31. The number of rotatable bonds is 2. The average molecular weight is 253 g/mol. The Labute approximate surface area is 89.9 Å². The van der Waals surface area contributed by atoms with Gasteiger partial charge in [-0.2, -0.15) is 5.10 Å². The molecule has 72 valence electrons. The van der Waals surface area contributed by atoms with E-state index in [1.54, 1.807) is 10.9 Å². The van der Waals surface area contributed by atoms with Crippen molar-refractivity contribution in [2.75, 3.05) is 5.73 Å². The Kier molecular flexibility index (Phi) is 2.49. The number of hydrogen-bond acceptors (Lipinski definition) is 3. The van der Waals surface area contributed by atoms with E-state index in [4.69, 9.17) is 5.73 Å². The van der Waals surface area contributed by atoms with E-state index in [0.717, 1.165) is 10.0 Å². The molecule has 2 N–H and O–H groups in total.